The summed E-state index contributed by atoms with van der Waals surface area (Å²) in [5, 5.41) is 9.63. The van der Waals surface area contributed by atoms with Crippen LogP contribution in [0.1, 0.15) is 4.88 Å². The molecule has 0 saturated carbocycles. The molecule has 0 atom stereocenters. The SMILES string of the molecule is O=C(O)/C=C/c1cc2cc(Br)ccc2s1. The molecule has 0 amide bonds. The van der Waals surface area contributed by atoms with Gasteiger partial charge in [0.15, 0.2) is 0 Å². The van der Waals surface area contributed by atoms with Gasteiger partial charge in [0.2, 0.25) is 0 Å². The summed E-state index contributed by atoms with van der Waals surface area (Å²) in [7, 11) is 0. The summed E-state index contributed by atoms with van der Waals surface area (Å²) in [6.07, 6.45) is 2.76. The predicted octanol–water partition coefficient (Wildman–Crippen LogP) is 3.76. The number of carboxylic acids is 1. The van der Waals surface area contributed by atoms with E-state index in [4.69, 9.17) is 5.11 Å². The summed E-state index contributed by atoms with van der Waals surface area (Å²) in [6.45, 7) is 0. The Labute approximate surface area is 99.0 Å². The maximum absolute atomic E-state index is 10.4. The highest BCUT2D eigenvalue weighted by atomic mass is 79.9. The zero-order valence-corrected chi connectivity index (χ0v) is 10.0. The van der Waals surface area contributed by atoms with Crippen molar-refractivity contribution in [1.29, 1.82) is 0 Å². The number of hydrogen-bond donors (Lipinski definition) is 1. The molecule has 0 spiro atoms. The van der Waals surface area contributed by atoms with E-state index in [0.717, 1.165) is 25.5 Å². The van der Waals surface area contributed by atoms with Crippen LogP contribution in [0.3, 0.4) is 0 Å². The third kappa shape index (κ3) is 2.46. The van der Waals surface area contributed by atoms with Crippen LogP contribution in [0, 0.1) is 0 Å². The first-order chi connectivity index (χ1) is 7.15. The number of rotatable bonds is 2. The van der Waals surface area contributed by atoms with Crippen LogP contribution in [-0.2, 0) is 4.79 Å². The summed E-state index contributed by atoms with van der Waals surface area (Å²) in [5.74, 6) is -0.923. The van der Waals surface area contributed by atoms with Crippen molar-refractivity contribution in [2.24, 2.45) is 0 Å². The average Bonchev–Trinajstić information content (AvgIpc) is 2.56. The molecule has 76 valence electrons. The zero-order valence-electron chi connectivity index (χ0n) is 7.61. The van der Waals surface area contributed by atoms with Gasteiger partial charge in [-0.05, 0) is 35.7 Å². The highest BCUT2D eigenvalue weighted by Gasteiger charge is 2.00. The fraction of sp³-hybridized carbons (Fsp3) is 0. The van der Waals surface area contributed by atoms with Crippen molar-refractivity contribution >= 4 is 49.4 Å². The lowest BCUT2D eigenvalue weighted by molar-refractivity contribution is -0.131. The van der Waals surface area contributed by atoms with Crippen molar-refractivity contribution in [3.8, 4) is 0 Å². The second kappa shape index (κ2) is 4.16. The third-order valence-electron chi connectivity index (χ3n) is 1.89. The van der Waals surface area contributed by atoms with Crippen molar-refractivity contribution in [2.45, 2.75) is 0 Å². The topological polar surface area (TPSA) is 37.3 Å². The number of thiophene rings is 1. The number of aliphatic carboxylic acids is 1. The Morgan fingerprint density at radius 2 is 2.20 bits per heavy atom. The van der Waals surface area contributed by atoms with Crippen LogP contribution in [0.2, 0.25) is 0 Å². The van der Waals surface area contributed by atoms with Crippen LogP contribution in [-0.4, -0.2) is 11.1 Å². The first-order valence-electron chi connectivity index (χ1n) is 4.25. The zero-order chi connectivity index (χ0) is 10.8. The number of carbonyl (C=O) groups is 1. The van der Waals surface area contributed by atoms with E-state index in [0.29, 0.717) is 0 Å². The molecular formula is C11H7BrO2S. The van der Waals surface area contributed by atoms with Gasteiger partial charge in [-0.1, -0.05) is 15.9 Å². The summed E-state index contributed by atoms with van der Waals surface area (Å²) in [5.41, 5.74) is 0. The van der Waals surface area contributed by atoms with Crippen molar-refractivity contribution in [2.75, 3.05) is 0 Å². The van der Waals surface area contributed by atoms with Crippen molar-refractivity contribution in [3.63, 3.8) is 0 Å². The molecule has 0 fully saturated rings. The van der Waals surface area contributed by atoms with Crippen LogP contribution < -0.4 is 0 Å². The van der Waals surface area contributed by atoms with Gasteiger partial charge in [-0.15, -0.1) is 11.3 Å². The minimum absolute atomic E-state index is 0.923. The molecule has 0 aliphatic carbocycles. The highest BCUT2D eigenvalue weighted by molar-refractivity contribution is 9.10. The Balaban J connectivity index is 2.43. The van der Waals surface area contributed by atoms with Gasteiger partial charge in [0.05, 0.1) is 0 Å². The molecule has 0 unspecified atom stereocenters. The van der Waals surface area contributed by atoms with E-state index in [9.17, 15) is 4.79 Å². The van der Waals surface area contributed by atoms with E-state index >= 15 is 0 Å². The summed E-state index contributed by atoms with van der Waals surface area (Å²) < 4.78 is 2.19. The maximum Gasteiger partial charge on any atom is 0.328 e. The molecule has 0 bridgehead atoms. The molecule has 1 N–H and O–H groups in total. The van der Waals surface area contributed by atoms with Gasteiger partial charge in [-0.2, -0.15) is 0 Å². The van der Waals surface area contributed by atoms with E-state index in [1.54, 1.807) is 17.4 Å². The predicted molar refractivity (Wildman–Crippen MR) is 66.2 cm³/mol. The molecule has 0 aliphatic rings. The van der Waals surface area contributed by atoms with Gasteiger partial charge in [0.1, 0.15) is 0 Å². The van der Waals surface area contributed by atoms with Gasteiger partial charge < -0.3 is 5.11 Å². The summed E-state index contributed by atoms with van der Waals surface area (Å²) >= 11 is 4.97. The Hall–Kier alpha value is -1.13. The van der Waals surface area contributed by atoms with Gasteiger partial charge in [0, 0.05) is 20.1 Å². The monoisotopic (exact) mass is 282 g/mol. The van der Waals surface area contributed by atoms with Gasteiger partial charge in [-0.25, -0.2) is 4.79 Å². The molecule has 1 aromatic heterocycles. The molecule has 0 aliphatic heterocycles. The van der Waals surface area contributed by atoms with Crippen LogP contribution in [0.4, 0.5) is 0 Å². The Kier molecular flexibility index (Phi) is 2.88. The largest absolute Gasteiger partial charge is 0.478 e. The Morgan fingerprint density at radius 1 is 1.40 bits per heavy atom. The molecule has 0 radical (unpaired) electrons. The molecule has 2 rings (SSSR count). The first kappa shape index (κ1) is 10.4. The average molecular weight is 283 g/mol. The second-order valence-corrected chi connectivity index (χ2v) is 5.03. The smallest absolute Gasteiger partial charge is 0.328 e. The Bertz CT molecular complexity index is 543. The van der Waals surface area contributed by atoms with Crippen LogP contribution >= 0.6 is 27.3 Å². The van der Waals surface area contributed by atoms with E-state index in [1.807, 2.05) is 24.3 Å². The van der Waals surface area contributed by atoms with Crippen molar-refractivity contribution in [3.05, 3.63) is 39.7 Å². The van der Waals surface area contributed by atoms with E-state index in [1.165, 1.54) is 0 Å². The second-order valence-electron chi connectivity index (χ2n) is 3.00. The number of benzene rings is 1. The van der Waals surface area contributed by atoms with Crippen LogP contribution in [0.25, 0.3) is 16.2 Å². The fourth-order valence-corrected chi connectivity index (χ4v) is 2.60. The third-order valence-corrected chi connectivity index (χ3v) is 3.46. The maximum atomic E-state index is 10.4. The van der Waals surface area contributed by atoms with E-state index in [-0.39, 0.29) is 0 Å². The fourth-order valence-electron chi connectivity index (χ4n) is 1.27. The lowest BCUT2D eigenvalue weighted by Crippen LogP contribution is -1.84. The normalized spacial score (nSPS) is 11.3. The Morgan fingerprint density at radius 3 is 2.93 bits per heavy atom. The quantitative estimate of drug-likeness (QED) is 0.852. The molecule has 15 heavy (non-hydrogen) atoms. The minimum atomic E-state index is -0.923. The number of fused-ring (bicyclic) bond motifs is 1. The van der Waals surface area contributed by atoms with E-state index in [2.05, 4.69) is 15.9 Å². The first-order valence-corrected chi connectivity index (χ1v) is 5.86. The highest BCUT2D eigenvalue weighted by Crippen LogP contribution is 2.28. The number of carboxylic acid groups (broad SMARTS) is 1. The van der Waals surface area contributed by atoms with Crippen molar-refractivity contribution < 1.29 is 9.90 Å². The molecule has 4 heteroatoms. The summed E-state index contributed by atoms with van der Waals surface area (Å²) in [4.78, 5) is 11.3. The van der Waals surface area contributed by atoms with Gasteiger partial charge >= 0.3 is 5.97 Å². The molecule has 2 aromatic rings. The number of hydrogen-bond acceptors (Lipinski definition) is 2. The standard InChI is InChI=1S/C11H7BrO2S/c12-8-1-3-10-7(5-8)6-9(15-10)2-4-11(13)14/h1-6H,(H,13,14)/b4-2+. The molecule has 0 saturated heterocycles. The molecular weight excluding hydrogens is 276 g/mol. The lowest BCUT2D eigenvalue weighted by atomic mass is 10.2. The number of halogens is 1. The minimum Gasteiger partial charge on any atom is -0.478 e. The lowest BCUT2D eigenvalue weighted by Gasteiger charge is -1.88. The van der Waals surface area contributed by atoms with E-state index < -0.39 is 5.97 Å². The van der Waals surface area contributed by atoms with Crippen LogP contribution in [0.5, 0.6) is 0 Å². The molecule has 1 aromatic carbocycles. The molecule has 2 nitrogen and oxygen atoms in total. The molecule has 1 heterocycles. The van der Waals surface area contributed by atoms with Crippen LogP contribution in [0.15, 0.2) is 34.8 Å². The van der Waals surface area contributed by atoms with Crippen molar-refractivity contribution in [1.82, 2.24) is 0 Å². The van der Waals surface area contributed by atoms with Gasteiger partial charge in [0.25, 0.3) is 0 Å². The van der Waals surface area contributed by atoms with Gasteiger partial charge in [-0.3, -0.25) is 0 Å². The summed E-state index contributed by atoms with van der Waals surface area (Å²) in [6, 6.07) is 7.99.